The SMILES string of the molecule is CCNC(CC)c1ccccc1OCCc1ccccc1. The smallest absolute Gasteiger partial charge is 0.124 e. The number of nitrogens with one attached hydrogen (secondary N) is 1. The van der Waals surface area contributed by atoms with Crippen LogP contribution in [-0.2, 0) is 6.42 Å². The molecule has 1 N–H and O–H groups in total. The Labute approximate surface area is 128 Å². The molecule has 0 bridgehead atoms. The maximum atomic E-state index is 6.03. The average Bonchev–Trinajstić information content (AvgIpc) is 2.54. The summed E-state index contributed by atoms with van der Waals surface area (Å²) in [5.41, 5.74) is 2.57. The molecule has 0 radical (unpaired) electrons. The van der Waals surface area contributed by atoms with Crippen LogP contribution in [0.2, 0.25) is 0 Å². The van der Waals surface area contributed by atoms with Gasteiger partial charge in [0.05, 0.1) is 6.61 Å². The van der Waals surface area contributed by atoms with E-state index in [0.717, 1.165) is 25.1 Å². The standard InChI is InChI=1S/C19H25NO/c1-3-18(20-4-2)17-12-8-9-13-19(17)21-15-14-16-10-6-5-7-11-16/h5-13,18,20H,3-4,14-15H2,1-2H3. The van der Waals surface area contributed by atoms with Gasteiger partial charge in [0.1, 0.15) is 5.75 Å². The normalized spacial score (nSPS) is 12.1. The van der Waals surface area contributed by atoms with Gasteiger partial charge in [0.15, 0.2) is 0 Å². The molecule has 0 aliphatic rings. The number of para-hydroxylation sites is 1. The summed E-state index contributed by atoms with van der Waals surface area (Å²) >= 11 is 0. The number of ether oxygens (including phenoxy) is 1. The van der Waals surface area contributed by atoms with Crippen LogP contribution in [0.3, 0.4) is 0 Å². The Morgan fingerprint density at radius 1 is 0.952 bits per heavy atom. The van der Waals surface area contributed by atoms with Gasteiger partial charge in [0.2, 0.25) is 0 Å². The van der Waals surface area contributed by atoms with Crippen molar-refractivity contribution in [3.63, 3.8) is 0 Å². The van der Waals surface area contributed by atoms with Crippen molar-refractivity contribution in [3.8, 4) is 5.75 Å². The first-order valence-corrected chi connectivity index (χ1v) is 7.84. The second-order valence-corrected chi connectivity index (χ2v) is 5.14. The predicted molar refractivity (Wildman–Crippen MR) is 88.8 cm³/mol. The lowest BCUT2D eigenvalue weighted by molar-refractivity contribution is 0.314. The number of rotatable bonds is 8. The van der Waals surface area contributed by atoms with E-state index in [1.54, 1.807) is 0 Å². The lowest BCUT2D eigenvalue weighted by Crippen LogP contribution is -2.21. The molecule has 0 fully saturated rings. The number of benzene rings is 2. The predicted octanol–water partition coefficient (Wildman–Crippen LogP) is 4.37. The maximum absolute atomic E-state index is 6.03. The van der Waals surface area contributed by atoms with Crippen molar-refractivity contribution in [2.75, 3.05) is 13.2 Å². The molecule has 1 unspecified atom stereocenters. The van der Waals surface area contributed by atoms with Crippen LogP contribution in [0.4, 0.5) is 0 Å². The minimum atomic E-state index is 0.364. The minimum absolute atomic E-state index is 0.364. The third kappa shape index (κ3) is 4.61. The fourth-order valence-corrected chi connectivity index (χ4v) is 2.54. The van der Waals surface area contributed by atoms with E-state index in [2.05, 4.69) is 61.6 Å². The highest BCUT2D eigenvalue weighted by Crippen LogP contribution is 2.27. The summed E-state index contributed by atoms with van der Waals surface area (Å²) in [7, 11) is 0. The molecular weight excluding hydrogens is 258 g/mol. The van der Waals surface area contributed by atoms with Crippen LogP contribution in [0.15, 0.2) is 54.6 Å². The molecule has 2 heteroatoms. The lowest BCUT2D eigenvalue weighted by Gasteiger charge is -2.20. The van der Waals surface area contributed by atoms with Crippen molar-refractivity contribution < 1.29 is 4.74 Å². The Kier molecular flexibility index (Phi) is 6.29. The number of hydrogen-bond donors (Lipinski definition) is 1. The van der Waals surface area contributed by atoms with E-state index in [1.165, 1.54) is 11.1 Å². The lowest BCUT2D eigenvalue weighted by atomic mass is 10.0. The third-order valence-electron chi connectivity index (χ3n) is 3.64. The molecule has 0 amide bonds. The zero-order chi connectivity index (χ0) is 14.9. The van der Waals surface area contributed by atoms with E-state index in [0.29, 0.717) is 12.6 Å². The summed E-state index contributed by atoms with van der Waals surface area (Å²) in [5, 5.41) is 3.52. The highest BCUT2D eigenvalue weighted by atomic mass is 16.5. The zero-order valence-electron chi connectivity index (χ0n) is 13.0. The molecular formula is C19H25NO. The molecule has 112 valence electrons. The Morgan fingerprint density at radius 3 is 2.38 bits per heavy atom. The van der Waals surface area contributed by atoms with Crippen molar-refractivity contribution in [3.05, 3.63) is 65.7 Å². The van der Waals surface area contributed by atoms with Crippen molar-refractivity contribution in [1.82, 2.24) is 5.32 Å². The first kappa shape index (κ1) is 15.6. The minimum Gasteiger partial charge on any atom is -0.493 e. The third-order valence-corrected chi connectivity index (χ3v) is 3.64. The molecule has 0 aromatic heterocycles. The van der Waals surface area contributed by atoms with Crippen LogP contribution < -0.4 is 10.1 Å². The van der Waals surface area contributed by atoms with Crippen molar-refractivity contribution in [1.29, 1.82) is 0 Å². The first-order valence-electron chi connectivity index (χ1n) is 7.84. The molecule has 21 heavy (non-hydrogen) atoms. The summed E-state index contributed by atoms with van der Waals surface area (Å²) in [6.45, 7) is 6.02. The molecule has 2 aromatic carbocycles. The van der Waals surface area contributed by atoms with Crippen molar-refractivity contribution in [2.45, 2.75) is 32.7 Å². The molecule has 0 heterocycles. The van der Waals surface area contributed by atoms with Gasteiger partial charge >= 0.3 is 0 Å². The maximum Gasteiger partial charge on any atom is 0.124 e. The molecule has 0 aliphatic heterocycles. The van der Waals surface area contributed by atoms with Crippen LogP contribution in [0.1, 0.15) is 37.4 Å². The first-order chi connectivity index (χ1) is 10.3. The fraction of sp³-hybridized carbons (Fsp3) is 0.368. The van der Waals surface area contributed by atoms with E-state index in [4.69, 9.17) is 4.74 Å². The topological polar surface area (TPSA) is 21.3 Å². The molecule has 0 saturated heterocycles. The molecule has 2 nitrogen and oxygen atoms in total. The van der Waals surface area contributed by atoms with Gasteiger partial charge in [-0.25, -0.2) is 0 Å². The van der Waals surface area contributed by atoms with Crippen molar-refractivity contribution >= 4 is 0 Å². The quantitative estimate of drug-likeness (QED) is 0.777. The average molecular weight is 283 g/mol. The Bertz CT molecular complexity index is 524. The summed E-state index contributed by atoms with van der Waals surface area (Å²) in [6, 6.07) is 19.2. The Morgan fingerprint density at radius 2 is 1.67 bits per heavy atom. The van der Waals surface area contributed by atoms with E-state index in [1.807, 2.05) is 12.1 Å². The van der Waals surface area contributed by atoms with Crippen LogP contribution >= 0.6 is 0 Å². The molecule has 2 aromatic rings. The summed E-state index contributed by atoms with van der Waals surface area (Å²) < 4.78 is 6.03. The van der Waals surface area contributed by atoms with E-state index < -0.39 is 0 Å². The van der Waals surface area contributed by atoms with Gasteiger partial charge in [0.25, 0.3) is 0 Å². The largest absolute Gasteiger partial charge is 0.493 e. The summed E-state index contributed by atoms with van der Waals surface area (Å²) in [6.07, 6.45) is 2.00. The zero-order valence-corrected chi connectivity index (χ0v) is 13.0. The van der Waals surface area contributed by atoms with Gasteiger partial charge in [-0.3, -0.25) is 0 Å². The fourth-order valence-electron chi connectivity index (χ4n) is 2.54. The Balaban J connectivity index is 1.99. The molecule has 1 atom stereocenters. The van der Waals surface area contributed by atoms with E-state index >= 15 is 0 Å². The van der Waals surface area contributed by atoms with Crippen LogP contribution in [0.5, 0.6) is 5.75 Å². The molecule has 2 rings (SSSR count). The monoisotopic (exact) mass is 283 g/mol. The summed E-state index contributed by atoms with van der Waals surface area (Å²) in [4.78, 5) is 0. The van der Waals surface area contributed by atoms with E-state index in [9.17, 15) is 0 Å². The van der Waals surface area contributed by atoms with Crippen LogP contribution in [0.25, 0.3) is 0 Å². The highest BCUT2D eigenvalue weighted by Gasteiger charge is 2.12. The van der Waals surface area contributed by atoms with E-state index in [-0.39, 0.29) is 0 Å². The van der Waals surface area contributed by atoms with Gasteiger partial charge in [-0.15, -0.1) is 0 Å². The van der Waals surface area contributed by atoms with Gasteiger partial charge in [-0.1, -0.05) is 62.4 Å². The second kappa shape index (κ2) is 8.48. The molecule has 0 spiro atoms. The van der Waals surface area contributed by atoms with Gasteiger partial charge in [-0.05, 0) is 24.6 Å². The molecule has 0 saturated carbocycles. The molecule has 0 aliphatic carbocycles. The number of hydrogen-bond acceptors (Lipinski definition) is 2. The van der Waals surface area contributed by atoms with Gasteiger partial charge < -0.3 is 10.1 Å². The van der Waals surface area contributed by atoms with Crippen molar-refractivity contribution in [2.24, 2.45) is 0 Å². The highest BCUT2D eigenvalue weighted by molar-refractivity contribution is 5.36. The van der Waals surface area contributed by atoms with Gasteiger partial charge in [0, 0.05) is 18.0 Å². The Hall–Kier alpha value is -1.80. The second-order valence-electron chi connectivity index (χ2n) is 5.14. The summed E-state index contributed by atoms with van der Waals surface area (Å²) in [5.74, 6) is 1.00. The van der Waals surface area contributed by atoms with Crippen LogP contribution in [-0.4, -0.2) is 13.2 Å². The van der Waals surface area contributed by atoms with Gasteiger partial charge in [-0.2, -0.15) is 0 Å². The van der Waals surface area contributed by atoms with Crippen LogP contribution in [0, 0.1) is 0 Å².